The van der Waals surface area contributed by atoms with Gasteiger partial charge in [0, 0.05) is 10.6 Å². The first kappa shape index (κ1) is 16.6. The number of benzene rings is 1. The molecule has 1 aromatic carbocycles. The summed E-state index contributed by atoms with van der Waals surface area (Å²) in [5.41, 5.74) is 3.37. The highest BCUT2D eigenvalue weighted by Crippen LogP contribution is 2.35. The van der Waals surface area contributed by atoms with Gasteiger partial charge in [0.05, 0.1) is 11.1 Å². The van der Waals surface area contributed by atoms with E-state index in [1.54, 1.807) is 27.7 Å². The Labute approximate surface area is 155 Å². The van der Waals surface area contributed by atoms with Gasteiger partial charge in [-0.05, 0) is 50.3 Å². The molecule has 0 fully saturated rings. The van der Waals surface area contributed by atoms with E-state index in [-0.39, 0.29) is 5.56 Å². The number of thioether (sulfide) groups is 1. The molecule has 4 rings (SSSR count). The van der Waals surface area contributed by atoms with Crippen LogP contribution in [0.3, 0.4) is 0 Å². The Morgan fingerprint density at radius 1 is 1.28 bits per heavy atom. The van der Waals surface area contributed by atoms with E-state index in [0.717, 1.165) is 46.1 Å². The minimum atomic E-state index is 0.0693. The molecule has 128 valence electrons. The number of thiophene rings is 1. The summed E-state index contributed by atoms with van der Waals surface area (Å²) < 4.78 is 1.78. The second-order valence-electron chi connectivity index (χ2n) is 6.36. The van der Waals surface area contributed by atoms with Crippen molar-refractivity contribution in [3.05, 3.63) is 63.3 Å². The van der Waals surface area contributed by atoms with Crippen molar-refractivity contribution in [2.45, 2.75) is 37.8 Å². The molecular weight excluding hydrogens is 348 g/mol. The number of nitrogens with zero attached hydrogens (tertiary/aromatic N) is 2. The third kappa shape index (κ3) is 2.96. The Kier molecular flexibility index (Phi) is 4.52. The van der Waals surface area contributed by atoms with E-state index >= 15 is 0 Å². The largest absolute Gasteiger partial charge is 0.268 e. The minimum Gasteiger partial charge on any atom is -0.268 e. The first-order chi connectivity index (χ1) is 12.2. The fourth-order valence-corrected chi connectivity index (χ4v) is 5.39. The smallest absolute Gasteiger partial charge is 0.267 e. The van der Waals surface area contributed by atoms with Crippen molar-refractivity contribution in [2.24, 2.45) is 0 Å². The minimum absolute atomic E-state index is 0.0693. The van der Waals surface area contributed by atoms with E-state index in [0.29, 0.717) is 0 Å². The predicted octanol–water partition coefficient (Wildman–Crippen LogP) is 4.91. The number of fused-ring (bicyclic) bond motifs is 3. The monoisotopic (exact) mass is 368 g/mol. The molecule has 0 bridgehead atoms. The molecule has 2 aromatic heterocycles. The Hall–Kier alpha value is -1.85. The van der Waals surface area contributed by atoms with Gasteiger partial charge in [-0.3, -0.25) is 9.36 Å². The van der Waals surface area contributed by atoms with Gasteiger partial charge in [-0.25, -0.2) is 4.98 Å². The highest BCUT2D eigenvalue weighted by atomic mass is 32.2. The lowest BCUT2D eigenvalue weighted by atomic mass is 9.97. The quantitative estimate of drug-likeness (QED) is 0.373. The SMILES string of the molecule is C=CCSc1nc2sc3c(c2c(=O)n1-c1ccc(C)cc1)CCCC3. The van der Waals surface area contributed by atoms with Crippen LogP contribution < -0.4 is 5.56 Å². The first-order valence-corrected chi connectivity index (χ1v) is 10.4. The van der Waals surface area contributed by atoms with Crippen LogP contribution in [0, 0.1) is 6.92 Å². The van der Waals surface area contributed by atoms with E-state index < -0.39 is 0 Å². The van der Waals surface area contributed by atoms with Crippen LogP contribution in [0.5, 0.6) is 0 Å². The topological polar surface area (TPSA) is 34.9 Å². The van der Waals surface area contributed by atoms with E-state index in [2.05, 4.69) is 13.5 Å². The number of hydrogen-bond donors (Lipinski definition) is 0. The molecule has 0 N–H and O–H groups in total. The van der Waals surface area contributed by atoms with Gasteiger partial charge in [0.1, 0.15) is 4.83 Å². The van der Waals surface area contributed by atoms with Crippen molar-refractivity contribution in [3.63, 3.8) is 0 Å². The van der Waals surface area contributed by atoms with Gasteiger partial charge in [0.25, 0.3) is 5.56 Å². The number of aryl methyl sites for hydroxylation is 3. The molecule has 0 atom stereocenters. The van der Waals surface area contributed by atoms with Gasteiger partial charge in [-0.15, -0.1) is 17.9 Å². The lowest BCUT2D eigenvalue weighted by Crippen LogP contribution is -2.22. The summed E-state index contributed by atoms with van der Waals surface area (Å²) in [6.07, 6.45) is 6.30. The van der Waals surface area contributed by atoms with E-state index in [1.165, 1.54) is 22.4 Å². The lowest BCUT2D eigenvalue weighted by molar-refractivity contribution is 0.699. The molecule has 3 nitrogen and oxygen atoms in total. The van der Waals surface area contributed by atoms with Crippen LogP contribution in [0.1, 0.15) is 28.8 Å². The van der Waals surface area contributed by atoms with Gasteiger partial charge in [0.2, 0.25) is 0 Å². The summed E-state index contributed by atoms with van der Waals surface area (Å²) in [6.45, 7) is 5.85. The summed E-state index contributed by atoms with van der Waals surface area (Å²) in [7, 11) is 0. The molecule has 5 heteroatoms. The highest BCUT2D eigenvalue weighted by molar-refractivity contribution is 7.99. The predicted molar refractivity (Wildman–Crippen MR) is 108 cm³/mol. The maximum absolute atomic E-state index is 13.4. The first-order valence-electron chi connectivity index (χ1n) is 8.57. The zero-order valence-electron chi connectivity index (χ0n) is 14.2. The number of aromatic nitrogens is 2. The van der Waals surface area contributed by atoms with Crippen LogP contribution in [-0.4, -0.2) is 15.3 Å². The van der Waals surface area contributed by atoms with Crippen LogP contribution in [-0.2, 0) is 12.8 Å². The Morgan fingerprint density at radius 3 is 2.80 bits per heavy atom. The molecule has 2 heterocycles. The summed E-state index contributed by atoms with van der Waals surface area (Å²) in [5, 5.41) is 1.59. The van der Waals surface area contributed by atoms with Crippen molar-refractivity contribution >= 4 is 33.3 Å². The van der Waals surface area contributed by atoms with E-state index in [1.807, 2.05) is 30.3 Å². The molecule has 1 aliphatic carbocycles. The zero-order chi connectivity index (χ0) is 17.4. The average Bonchev–Trinajstić information content (AvgIpc) is 2.99. The third-order valence-corrected chi connectivity index (χ3v) is 6.70. The summed E-state index contributed by atoms with van der Waals surface area (Å²) in [6, 6.07) is 8.08. The molecule has 1 aliphatic rings. The molecular formula is C20H20N2OS2. The zero-order valence-corrected chi connectivity index (χ0v) is 15.9. The Balaban J connectivity index is 2.00. The molecule has 0 radical (unpaired) electrons. The molecule has 3 aromatic rings. The van der Waals surface area contributed by atoms with Crippen molar-refractivity contribution < 1.29 is 0 Å². The normalized spacial score (nSPS) is 13.8. The van der Waals surface area contributed by atoms with Gasteiger partial charge in [-0.1, -0.05) is 35.5 Å². The van der Waals surface area contributed by atoms with E-state index in [9.17, 15) is 4.79 Å². The van der Waals surface area contributed by atoms with Crippen molar-refractivity contribution in [1.29, 1.82) is 0 Å². The average molecular weight is 369 g/mol. The fraction of sp³-hybridized carbons (Fsp3) is 0.300. The summed E-state index contributed by atoms with van der Waals surface area (Å²) in [5.74, 6) is 0.731. The molecule has 0 amide bonds. The number of hydrogen-bond acceptors (Lipinski definition) is 4. The molecule has 25 heavy (non-hydrogen) atoms. The highest BCUT2D eigenvalue weighted by Gasteiger charge is 2.22. The van der Waals surface area contributed by atoms with Crippen LogP contribution in [0.25, 0.3) is 15.9 Å². The van der Waals surface area contributed by atoms with Gasteiger partial charge in [-0.2, -0.15) is 0 Å². The van der Waals surface area contributed by atoms with Crippen LogP contribution in [0.4, 0.5) is 0 Å². The third-order valence-electron chi connectivity index (χ3n) is 4.58. The second-order valence-corrected chi connectivity index (χ2v) is 8.43. The summed E-state index contributed by atoms with van der Waals surface area (Å²) >= 11 is 3.27. The van der Waals surface area contributed by atoms with Crippen molar-refractivity contribution in [1.82, 2.24) is 9.55 Å². The molecule has 0 spiro atoms. The van der Waals surface area contributed by atoms with Crippen LogP contribution >= 0.6 is 23.1 Å². The van der Waals surface area contributed by atoms with Gasteiger partial charge < -0.3 is 0 Å². The van der Waals surface area contributed by atoms with Crippen molar-refractivity contribution in [3.8, 4) is 5.69 Å². The maximum atomic E-state index is 13.4. The Morgan fingerprint density at radius 2 is 2.04 bits per heavy atom. The Bertz CT molecular complexity index is 999. The molecule has 0 saturated heterocycles. The maximum Gasteiger partial charge on any atom is 0.267 e. The van der Waals surface area contributed by atoms with Crippen LogP contribution in [0.15, 0.2) is 46.9 Å². The molecule has 0 saturated carbocycles. The standard InChI is InChI=1S/C20H20N2OS2/c1-3-12-24-20-21-18-17(15-6-4-5-7-16(15)25-18)19(23)22(20)14-10-8-13(2)9-11-14/h3,8-11H,1,4-7,12H2,2H3. The molecule has 0 unspecified atom stereocenters. The second kappa shape index (κ2) is 6.81. The van der Waals surface area contributed by atoms with Crippen LogP contribution in [0.2, 0.25) is 0 Å². The lowest BCUT2D eigenvalue weighted by Gasteiger charge is -2.13. The van der Waals surface area contributed by atoms with Gasteiger partial charge in [0.15, 0.2) is 5.16 Å². The molecule has 0 aliphatic heterocycles. The fourth-order valence-electron chi connectivity index (χ4n) is 3.34. The van der Waals surface area contributed by atoms with Gasteiger partial charge >= 0.3 is 0 Å². The number of rotatable bonds is 4. The van der Waals surface area contributed by atoms with Crippen molar-refractivity contribution in [2.75, 3.05) is 5.75 Å². The van der Waals surface area contributed by atoms with E-state index in [4.69, 9.17) is 4.98 Å². The summed E-state index contributed by atoms with van der Waals surface area (Å²) in [4.78, 5) is 20.5.